The molecule has 0 radical (unpaired) electrons. The normalized spacial score (nSPS) is 21.9. The average molecular weight is 256 g/mol. The maximum atomic E-state index is 11.3. The van der Waals surface area contributed by atoms with E-state index >= 15 is 0 Å². The zero-order valence-electron chi connectivity index (χ0n) is 11.6. The lowest BCUT2D eigenvalue weighted by Gasteiger charge is -2.29. The third-order valence-corrected chi connectivity index (χ3v) is 4.23. The molecule has 1 fully saturated rings. The van der Waals surface area contributed by atoms with Crippen LogP contribution in [0, 0.1) is 11.8 Å². The fourth-order valence-electron chi connectivity index (χ4n) is 3.02. The second kappa shape index (κ2) is 8.52. The van der Waals surface area contributed by atoms with E-state index in [4.69, 9.17) is 0 Å². The largest absolute Gasteiger partial charge is 0.481 e. The maximum Gasteiger partial charge on any atom is 0.309 e. The Kier molecular flexibility index (Phi) is 7.33. The van der Waals surface area contributed by atoms with E-state index < -0.39 is 18.0 Å². The SMILES string of the molecule is CCCCC(C(=O)O)C(O)C1CCCCCCC1. The van der Waals surface area contributed by atoms with Gasteiger partial charge in [0.05, 0.1) is 12.0 Å². The van der Waals surface area contributed by atoms with Crippen LogP contribution in [0.4, 0.5) is 0 Å². The first-order chi connectivity index (χ1) is 8.66. The van der Waals surface area contributed by atoms with Crippen LogP contribution in [0.25, 0.3) is 0 Å². The molecule has 1 aliphatic carbocycles. The minimum atomic E-state index is -0.821. The van der Waals surface area contributed by atoms with Gasteiger partial charge in [0.2, 0.25) is 0 Å². The molecular weight excluding hydrogens is 228 g/mol. The van der Waals surface area contributed by atoms with Crippen molar-refractivity contribution in [2.75, 3.05) is 0 Å². The maximum absolute atomic E-state index is 11.3. The fourth-order valence-corrected chi connectivity index (χ4v) is 3.02. The molecular formula is C15H28O3. The Morgan fingerprint density at radius 1 is 1.17 bits per heavy atom. The molecule has 3 nitrogen and oxygen atoms in total. The van der Waals surface area contributed by atoms with Crippen molar-refractivity contribution in [2.45, 2.75) is 77.2 Å². The molecule has 0 spiro atoms. The number of aliphatic hydroxyl groups is 1. The van der Waals surface area contributed by atoms with Gasteiger partial charge in [0.15, 0.2) is 0 Å². The van der Waals surface area contributed by atoms with E-state index in [2.05, 4.69) is 6.92 Å². The first-order valence-corrected chi connectivity index (χ1v) is 7.57. The molecule has 2 N–H and O–H groups in total. The Morgan fingerprint density at radius 2 is 1.72 bits per heavy atom. The molecule has 0 heterocycles. The first kappa shape index (κ1) is 15.5. The lowest BCUT2D eigenvalue weighted by atomic mass is 9.80. The topological polar surface area (TPSA) is 57.5 Å². The molecule has 1 rings (SSSR count). The van der Waals surface area contributed by atoms with Crippen molar-refractivity contribution in [1.29, 1.82) is 0 Å². The third-order valence-electron chi connectivity index (χ3n) is 4.23. The van der Waals surface area contributed by atoms with Crippen LogP contribution >= 0.6 is 0 Å². The molecule has 0 saturated heterocycles. The molecule has 0 aromatic carbocycles. The van der Waals surface area contributed by atoms with Gasteiger partial charge in [-0.3, -0.25) is 4.79 Å². The van der Waals surface area contributed by atoms with Gasteiger partial charge in [0.25, 0.3) is 0 Å². The summed E-state index contributed by atoms with van der Waals surface area (Å²) >= 11 is 0. The van der Waals surface area contributed by atoms with Crippen LogP contribution in [-0.4, -0.2) is 22.3 Å². The number of carbonyl (C=O) groups is 1. The predicted molar refractivity (Wildman–Crippen MR) is 72.5 cm³/mol. The third kappa shape index (κ3) is 4.97. The number of hydrogen-bond acceptors (Lipinski definition) is 2. The van der Waals surface area contributed by atoms with Crippen LogP contribution in [0.2, 0.25) is 0 Å². The summed E-state index contributed by atoms with van der Waals surface area (Å²) in [7, 11) is 0. The van der Waals surface area contributed by atoms with Crippen LogP contribution in [0.1, 0.15) is 71.1 Å². The van der Waals surface area contributed by atoms with Crippen molar-refractivity contribution in [3.05, 3.63) is 0 Å². The highest BCUT2D eigenvalue weighted by molar-refractivity contribution is 5.70. The summed E-state index contributed by atoms with van der Waals surface area (Å²) in [6, 6.07) is 0. The van der Waals surface area contributed by atoms with E-state index in [1.54, 1.807) is 0 Å². The minimum Gasteiger partial charge on any atom is -0.481 e. The van der Waals surface area contributed by atoms with Crippen molar-refractivity contribution < 1.29 is 15.0 Å². The summed E-state index contributed by atoms with van der Waals surface area (Å²) in [4.78, 5) is 11.3. The number of aliphatic carboxylic acids is 1. The van der Waals surface area contributed by atoms with E-state index in [1.807, 2.05) is 0 Å². The molecule has 3 heteroatoms. The van der Waals surface area contributed by atoms with Gasteiger partial charge in [-0.15, -0.1) is 0 Å². The zero-order valence-corrected chi connectivity index (χ0v) is 11.6. The first-order valence-electron chi connectivity index (χ1n) is 7.57. The Balaban J connectivity index is 2.55. The number of hydrogen-bond donors (Lipinski definition) is 2. The lowest BCUT2D eigenvalue weighted by molar-refractivity contribution is -0.148. The monoisotopic (exact) mass is 256 g/mol. The molecule has 2 atom stereocenters. The second-order valence-electron chi connectivity index (χ2n) is 5.68. The summed E-state index contributed by atoms with van der Waals surface area (Å²) in [5.41, 5.74) is 0. The Hall–Kier alpha value is -0.570. The summed E-state index contributed by atoms with van der Waals surface area (Å²) in [5.74, 6) is -1.18. The van der Waals surface area contributed by atoms with Crippen molar-refractivity contribution in [3.63, 3.8) is 0 Å². The van der Waals surface area contributed by atoms with E-state index in [9.17, 15) is 15.0 Å². The fraction of sp³-hybridized carbons (Fsp3) is 0.933. The van der Waals surface area contributed by atoms with E-state index in [-0.39, 0.29) is 5.92 Å². The quantitative estimate of drug-likeness (QED) is 0.763. The van der Waals surface area contributed by atoms with Gasteiger partial charge in [-0.25, -0.2) is 0 Å². The number of aliphatic hydroxyl groups excluding tert-OH is 1. The van der Waals surface area contributed by atoms with Crippen LogP contribution < -0.4 is 0 Å². The number of carboxylic acids is 1. The number of carboxylic acid groups (broad SMARTS) is 1. The highest BCUT2D eigenvalue weighted by atomic mass is 16.4. The summed E-state index contributed by atoms with van der Waals surface area (Å²) in [6.07, 6.45) is 9.88. The molecule has 18 heavy (non-hydrogen) atoms. The predicted octanol–water partition coefficient (Wildman–Crippen LogP) is 3.60. The van der Waals surface area contributed by atoms with Gasteiger partial charge >= 0.3 is 5.97 Å². The van der Waals surface area contributed by atoms with Crippen molar-refractivity contribution >= 4 is 5.97 Å². The van der Waals surface area contributed by atoms with Gasteiger partial charge in [0.1, 0.15) is 0 Å². The molecule has 1 saturated carbocycles. The van der Waals surface area contributed by atoms with Crippen molar-refractivity contribution in [3.8, 4) is 0 Å². The second-order valence-corrected chi connectivity index (χ2v) is 5.68. The Bertz CT molecular complexity index is 232. The van der Waals surface area contributed by atoms with Crippen LogP contribution in [0.3, 0.4) is 0 Å². The van der Waals surface area contributed by atoms with E-state index in [0.29, 0.717) is 6.42 Å². The molecule has 0 aliphatic heterocycles. The number of rotatable bonds is 6. The Morgan fingerprint density at radius 3 is 2.22 bits per heavy atom. The van der Waals surface area contributed by atoms with Crippen LogP contribution in [0.5, 0.6) is 0 Å². The molecule has 1 aliphatic rings. The smallest absolute Gasteiger partial charge is 0.309 e. The molecule has 0 aromatic heterocycles. The van der Waals surface area contributed by atoms with Gasteiger partial charge in [-0.1, -0.05) is 51.9 Å². The van der Waals surface area contributed by atoms with Gasteiger partial charge in [-0.2, -0.15) is 0 Å². The zero-order chi connectivity index (χ0) is 13.4. The standard InChI is InChI=1S/C15H28O3/c1-2-3-11-13(15(17)18)14(16)12-9-7-5-4-6-8-10-12/h12-14,16H,2-11H2,1H3,(H,17,18). The van der Waals surface area contributed by atoms with Crippen molar-refractivity contribution in [1.82, 2.24) is 0 Å². The number of unbranched alkanes of at least 4 members (excludes halogenated alkanes) is 1. The molecule has 2 unspecified atom stereocenters. The lowest BCUT2D eigenvalue weighted by Crippen LogP contribution is -2.35. The summed E-state index contributed by atoms with van der Waals surface area (Å²) in [6.45, 7) is 2.06. The molecule has 0 aromatic rings. The molecule has 0 bridgehead atoms. The molecule has 0 amide bonds. The van der Waals surface area contributed by atoms with Gasteiger partial charge in [0, 0.05) is 0 Å². The minimum absolute atomic E-state index is 0.197. The van der Waals surface area contributed by atoms with Crippen LogP contribution in [0.15, 0.2) is 0 Å². The van der Waals surface area contributed by atoms with Crippen molar-refractivity contribution in [2.24, 2.45) is 11.8 Å². The van der Waals surface area contributed by atoms with E-state index in [0.717, 1.165) is 38.5 Å². The van der Waals surface area contributed by atoms with Gasteiger partial charge < -0.3 is 10.2 Å². The average Bonchev–Trinajstić information content (AvgIpc) is 2.28. The van der Waals surface area contributed by atoms with Crippen LogP contribution in [-0.2, 0) is 4.79 Å². The highest BCUT2D eigenvalue weighted by Gasteiger charge is 2.32. The summed E-state index contributed by atoms with van der Waals surface area (Å²) < 4.78 is 0. The van der Waals surface area contributed by atoms with Gasteiger partial charge in [-0.05, 0) is 25.2 Å². The molecule has 106 valence electrons. The summed E-state index contributed by atoms with van der Waals surface area (Å²) in [5, 5.41) is 19.6. The highest BCUT2D eigenvalue weighted by Crippen LogP contribution is 2.30. The van der Waals surface area contributed by atoms with E-state index in [1.165, 1.54) is 19.3 Å². The Labute approximate surface area is 111 Å².